The van der Waals surface area contributed by atoms with E-state index in [4.69, 9.17) is 24.7 Å². The molecule has 0 aliphatic rings. The Bertz CT molecular complexity index is 375. The van der Waals surface area contributed by atoms with Crippen molar-refractivity contribution in [1.82, 2.24) is 0 Å². The van der Waals surface area contributed by atoms with E-state index in [0.717, 1.165) is 5.56 Å². The van der Waals surface area contributed by atoms with Gasteiger partial charge in [0.15, 0.2) is 0 Å². The Hall–Kier alpha value is -1.18. The van der Waals surface area contributed by atoms with E-state index in [9.17, 15) is 5.11 Å². The summed E-state index contributed by atoms with van der Waals surface area (Å²) >= 11 is 0. The lowest BCUT2D eigenvalue weighted by Gasteiger charge is -2.14. The van der Waals surface area contributed by atoms with E-state index in [1.165, 1.54) is 0 Å². The molecule has 3 N–H and O–H groups in total. The normalized spacial score (nSPS) is 12.3. The lowest BCUT2D eigenvalue weighted by Crippen LogP contribution is -2.25. The molecule has 0 saturated heterocycles. The van der Waals surface area contributed by atoms with Crippen LogP contribution in [0.1, 0.15) is 5.56 Å². The lowest BCUT2D eigenvalue weighted by atomic mass is 10.2. The summed E-state index contributed by atoms with van der Waals surface area (Å²) in [5.41, 5.74) is 6.53. The van der Waals surface area contributed by atoms with Gasteiger partial charge in [-0.3, -0.25) is 0 Å². The van der Waals surface area contributed by atoms with Gasteiger partial charge in [0.1, 0.15) is 18.5 Å². The molecule has 0 aliphatic carbocycles. The number of benzene rings is 1. The van der Waals surface area contributed by atoms with Crippen LogP contribution in [-0.2, 0) is 20.8 Å². The quantitative estimate of drug-likeness (QED) is 0.549. The second kappa shape index (κ2) is 11.5. The number of hydrogen-bond donors (Lipinski definition) is 2. The summed E-state index contributed by atoms with van der Waals surface area (Å²) < 4.78 is 20.9. The average Bonchev–Trinajstić information content (AvgIpc) is 2.52. The third-order valence-corrected chi connectivity index (χ3v) is 2.74. The standard InChI is InChI=1S/C15H25NO5/c1-18-6-7-19-8-9-20-11-14(17)12-21-15-5-3-2-4-13(15)10-16/h2-5,14,17H,6-12,16H2,1H3. The van der Waals surface area contributed by atoms with Crippen molar-refractivity contribution in [2.45, 2.75) is 12.6 Å². The molecule has 0 amide bonds. The Morgan fingerprint density at radius 1 is 1.05 bits per heavy atom. The van der Waals surface area contributed by atoms with E-state index in [1.54, 1.807) is 7.11 Å². The van der Waals surface area contributed by atoms with E-state index in [-0.39, 0.29) is 13.2 Å². The summed E-state index contributed by atoms with van der Waals surface area (Å²) in [4.78, 5) is 0. The first-order valence-corrected chi connectivity index (χ1v) is 7.01. The van der Waals surface area contributed by atoms with Gasteiger partial charge in [-0.2, -0.15) is 0 Å². The molecule has 0 saturated carbocycles. The molecule has 1 unspecified atom stereocenters. The largest absolute Gasteiger partial charge is 0.490 e. The van der Waals surface area contributed by atoms with Crippen molar-refractivity contribution in [2.24, 2.45) is 5.73 Å². The van der Waals surface area contributed by atoms with Crippen LogP contribution in [0, 0.1) is 0 Å². The maximum absolute atomic E-state index is 9.77. The van der Waals surface area contributed by atoms with Crippen LogP contribution in [0.15, 0.2) is 24.3 Å². The van der Waals surface area contributed by atoms with Gasteiger partial charge in [0.25, 0.3) is 0 Å². The van der Waals surface area contributed by atoms with Crippen LogP contribution >= 0.6 is 0 Å². The number of aliphatic hydroxyl groups is 1. The van der Waals surface area contributed by atoms with Crippen LogP contribution in [0.4, 0.5) is 0 Å². The van der Waals surface area contributed by atoms with Gasteiger partial charge in [0.2, 0.25) is 0 Å². The Balaban J connectivity index is 2.09. The number of aliphatic hydroxyl groups excluding tert-OH is 1. The van der Waals surface area contributed by atoms with Crippen molar-refractivity contribution >= 4 is 0 Å². The Labute approximate surface area is 125 Å². The lowest BCUT2D eigenvalue weighted by molar-refractivity contribution is -0.0170. The van der Waals surface area contributed by atoms with Crippen molar-refractivity contribution in [3.05, 3.63) is 29.8 Å². The molecular weight excluding hydrogens is 274 g/mol. The molecule has 0 spiro atoms. The second-order valence-corrected chi connectivity index (χ2v) is 4.46. The molecular formula is C15H25NO5. The second-order valence-electron chi connectivity index (χ2n) is 4.46. The van der Waals surface area contributed by atoms with Crippen LogP contribution in [0.5, 0.6) is 5.75 Å². The summed E-state index contributed by atoms with van der Waals surface area (Å²) in [6.45, 7) is 2.80. The van der Waals surface area contributed by atoms with Crippen LogP contribution < -0.4 is 10.5 Å². The predicted molar refractivity (Wildman–Crippen MR) is 79.3 cm³/mol. The summed E-state index contributed by atoms with van der Waals surface area (Å²) in [6.07, 6.45) is -0.685. The minimum atomic E-state index is -0.685. The summed E-state index contributed by atoms with van der Waals surface area (Å²) in [6, 6.07) is 7.50. The molecule has 120 valence electrons. The minimum absolute atomic E-state index is 0.168. The highest BCUT2D eigenvalue weighted by Crippen LogP contribution is 2.17. The van der Waals surface area contributed by atoms with Crippen molar-refractivity contribution in [3.8, 4) is 5.75 Å². The van der Waals surface area contributed by atoms with E-state index in [0.29, 0.717) is 38.7 Å². The zero-order chi connectivity index (χ0) is 15.3. The third kappa shape index (κ3) is 7.99. The fraction of sp³-hybridized carbons (Fsp3) is 0.600. The fourth-order valence-electron chi connectivity index (χ4n) is 1.63. The number of methoxy groups -OCH3 is 1. The third-order valence-electron chi connectivity index (χ3n) is 2.74. The van der Waals surface area contributed by atoms with E-state index < -0.39 is 6.10 Å². The first-order chi connectivity index (χ1) is 10.3. The SMILES string of the molecule is COCCOCCOCC(O)COc1ccccc1CN. The zero-order valence-electron chi connectivity index (χ0n) is 12.5. The molecule has 6 heteroatoms. The molecule has 1 atom stereocenters. The Morgan fingerprint density at radius 2 is 1.76 bits per heavy atom. The van der Waals surface area contributed by atoms with Gasteiger partial charge in [0.05, 0.1) is 33.0 Å². The van der Waals surface area contributed by atoms with Crippen LogP contribution in [0.3, 0.4) is 0 Å². The number of para-hydroxylation sites is 1. The Kier molecular flexibility index (Phi) is 9.77. The van der Waals surface area contributed by atoms with Crippen molar-refractivity contribution < 1.29 is 24.1 Å². The molecule has 1 aromatic carbocycles. The van der Waals surface area contributed by atoms with E-state index >= 15 is 0 Å². The number of nitrogens with two attached hydrogens (primary N) is 1. The van der Waals surface area contributed by atoms with Gasteiger partial charge in [-0.05, 0) is 6.07 Å². The highest BCUT2D eigenvalue weighted by atomic mass is 16.5. The van der Waals surface area contributed by atoms with Gasteiger partial charge in [-0.1, -0.05) is 18.2 Å². The molecule has 0 radical (unpaired) electrons. The molecule has 0 fully saturated rings. The summed E-state index contributed by atoms with van der Waals surface area (Å²) in [5, 5.41) is 9.77. The highest BCUT2D eigenvalue weighted by Gasteiger charge is 2.07. The molecule has 0 aromatic heterocycles. The van der Waals surface area contributed by atoms with E-state index in [1.807, 2.05) is 24.3 Å². The van der Waals surface area contributed by atoms with Gasteiger partial charge in [0, 0.05) is 19.2 Å². The smallest absolute Gasteiger partial charge is 0.123 e. The zero-order valence-corrected chi connectivity index (χ0v) is 12.5. The molecule has 1 aromatic rings. The van der Waals surface area contributed by atoms with Crippen LogP contribution in [-0.4, -0.2) is 58.0 Å². The average molecular weight is 299 g/mol. The summed E-state index contributed by atoms with van der Waals surface area (Å²) in [5.74, 6) is 0.696. The monoisotopic (exact) mass is 299 g/mol. The number of ether oxygens (including phenoxy) is 4. The van der Waals surface area contributed by atoms with Gasteiger partial charge in [-0.25, -0.2) is 0 Å². The molecule has 6 nitrogen and oxygen atoms in total. The van der Waals surface area contributed by atoms with Gasteiger partial charge in [-0.15, -0.1) is 0 Å². The van der Waals surface area contributed by atoms with Crippen molar-refractivity contribution in [2.75, 3.05) is 46.8 Å². The van der Waals surface area contributed by atoms with Crippen molar-refractivity contribution in [3.63, 3.8) is 0 Å². The molecule has 0 bridgehead atoms. The fourth-order valence-corrected chi connectivity index (χ4v) is 1.63. The van der Waals surface area contributed by atoms with Crippen LogP contribution in [0.2, 0.25) is 0 Å². The molecule has 0 heterocycles. The highest BCUT2D eigenvalue weighted by molar-refractivity contribution is 5.32. The van der Waals surface area contributed by atoms with Gasteiger partial charge < -0.3 is 29.8 Å². The van der Waals surface area contributed by atoms with Crippen molar-refractivity contribution in [1.29, 1.82) is 0 Å². The number of hydrogen-bond acceptors (Lipinski definition) is 6. The maximum atomic E-state index is 9.77. The van der Waals surface area contributed by atoms with E-state index in [2.05, 4.69) is 0 Å². The van der Waals surface area contributed by atoms with Gasteiger partial charge >= 0.3 is 0 Å². The first-order valence-electron chi connectivity index (χ1n) is 7.01. The number of rotatable bonds is 12. The summed E-state index contributed by atoms with van der Waals surface area (Å²) in [7, 11) is 1.62. The Morgan fingerprint density at radius 3 is 2.52 bits per heavy atom. The van der Waals surface area contributed by atoms with Crippen LogP contribution in [0.25, 0.3) is 0 Å². The maximum Gasteiger partial charge on any atom is 0.123 e. The molecule has 1 rings (SSSR count). The minimum Gasteiger partial charge on any atom is -0.490 e. The predicted octanol–water partition coefficient (Wildman–Crippen LogP) is 0.565. The molecule has 21 heavy (non-hydrogen) atoms. The first kappa shape index (κ1) is 17.9. The molecule has 0 aliphatic heterocycles. The topological polar surface area (TPSA) is 83.2 Å².